The number of fused-ring (bicyclic) bond motifs is 1. The third-order valence-corrected chi connectivity index (χ3v) is 2.92. The third kappa shape index (κ3) is 1.25. The van der Waals surface area contributed by atoms with E-state index in [9.17, 15) is 9.90 Å². The van der Waals surface area contributed by atoms with Gasteiger partial charge in [-0.15, -0.1) is 0 Å². The first-order valence-corrected chi connectivity index (χ1v) is 4.75. The highest BCUT2D eigenvalue weighted by molar-refractivity contribution is 9.10. The van der Waals surface area contributed by atoms with Crippen LogP contribution in [0, 0.1) is 0 Å². The zero-order valence-electron chi connectivity index (χ0n) is 6.34. The average molecular weight is 262 g/mol. The van der Waals surface area contributed by atoms with Crippen molar-refractivity contribution >= 4 is 39.1 Å². The van der Waals surface area contributed by atoms with E-state index in [2.05, 4.69) is 21.2 Å². The first-order chi connectivity index (χ1) is 6.11. The molecule has 0 aliphatic carbocycles. The molecule has 0 fully saturated rings. The number of hydrogen-bond donors (Lipinski definition) is 2. The van der Waals surface area contributed by atoms with Gasteiger partial charge in [0.1, 0.15) is 0 Å². The fraction of sp³-hybridized carbons (Fsp3) is 0.125. The lowest BCUT2D eigenvalue weighted by atomic mass is 10.1. The quantitative estimate of drug-likeness (QED) is 0.752. The summed E-state index contributed by atoms with van der Waals surface area (Å²) in [4.78, 5) is 11.1. The SMILES string of the molecule is O=C1Nc2c(Cl)ccc(Br)c2C1O. The minimum atomic E-state index is -1.12. The molecule has 1 aromatic carbocycles. The first kappa shape index (κ1) is 8.99. The molecule has 1 atom stereocenters. The largest absolute Gasteiger partial charge is 0.378 e. The average Bonchev–Trinajstić information content (AvgIpc) is 2.38. The second-order valence-electron chi connectivity index (χ2n) is 2.71. The summed E-state index contributed by atoms with van der Waals surface area (Å²) in [6.45, 7) is 0. The van der Waals surface area contributed by atoms with Gasteiger partial charge < -0.3 is 10.4 Å². The van der Waals surface area contributed by atoms with E-state index in [0.29, 0.717) is 20.7 Å². The van der Waals surface area contributed by atoms with Gasteiger partial charge in [0.15, 0.2) is 6.10 Å². The zero-order chi connectivity index (χ0) is 9.59. The molecule has 2 rings (SSSR count). The Morgan fingerprint density at radius 2 is 2.23 bits per heavy atom. The minimum absolute atomic E-state index is 0.433. The van der Waals surface area contributed by atoms with Gasteiger partial charge in [0.25, 0.3) is 5.91 Å². The van der Waals surface area contributed by atoms with Gasteiger partial charge in [0, 0.05) is 10.0 Å². The van der Waals surface area contributed by atoms with Crippen LogP contribution >= 0.6 is 27.5 Å². The van der Waals surface area contributed by atoms with Crippen molar-refractivity contribution in [1.82, 2.24) is 0 Å². The molecule has 0 saturated heterocycles. The molecule has 2 N–H and O–H groups in total. The highest BCUT2D eigenvalue weighted by Crippen LogP contribution is 2.40. The van der Waals surface area contributed by atoms with Crippen molar-refractivity contribution in [2.45, 2.75) is 6.10 Å². The molecular formula is C8H5BrClNO2. The maximum Gasteiger partial charge on any atom is 0.258 e. The Morgan fingerprint density at radius 3 is 2.85 bits per heavy atom. The number of benzene rings is 1. The van der Waals surface area contributed by atoms with Gasteiger partial charge in [-0.2, -0.15) is 0 Å². The molecular weight excluding hydrogens is 257 g/mol. The van der Waals surface area contributed by atoms with Crippen molar-refractivity contribution in [3.8, 4) is 0 Å². The van der Waals surface area contributed by atoms with Crippen molar-refractivity contribution < 1.29 is 9.90 Å². The van der Waals surface area contributed by atoms with Crippen molar-refractivity contribution in [3.63, 3.8) is 0 Å². The molecule has 13 heavy (non-hydrogen) atoms. The summed E-state index contributed by atoms with van der Waals surface area (Å²) in [5.74, 6) is -0.441. The lowest BCUT2D eigenvalue weighted by molar-refractivity contribution is -0.123. The number of aliphatic hydroxyl groups is 1. The van der Waals surface area contributed by atoms with Gasteiger partial charge in [-0.25, -0.2) is 0 Å². The van der Waals surface area contributed by atoms with Crippen LogP contribution in [0.2, 0.25) is 5.02 Å². The predicted octanol–water partition coefficient (Wildman–Crippen LogP) is 2.09. The van der Waals surface area contributed by atoms with Gasteiger partial charge >= 0.3 is 0 Å². The Morgan fingerprint density at radius 1 is 1.54 bits per heavy atom. The first-order valence-electron chi connectivity index (χ1n) is 3.58. The summed E-state index contributed by atoms with van der Waals surface area (Å²) < 4.78 is 0.678. The molecule has 0 radical (unpaired) electrons. The van der Waals surface area contributed by atoms with Gasteiger partial charge in [-0.1, -0.05) is 27.5 Å². The van der Waals surface area contributed by atoms with Crippen LogP contribution in [0.5, 0.6) is 0 Å². The third-order valence-electron chi connectivity index (χ3n) is 1.91. The number of aliphatic hydroxyl groups excluding tert-OH is 1. The Bertz CT molecular complexity index is 394. The van der Waals surface area contributed by atoms with Crippen LogP contribution in [0.15, 0.2) is 16.6 Å². The molecule has 1 aliphatic heterocycles. The summed E-state index contributed by atoms with van der Waals surface area (Å²) in [7, 11) is 0. The maximum absolute atomic E-state index is 11.1. The molecule has 1 heterocycles. The van der Waals surface area contributed by atoms with Gasteiger partial charge in [0.2, 0.25) is 0 Å². The van der Waals surface area contributed by atoms with Crippen molar-refractivity contribution in [2.75, 3.05) is 5.32 Å². The highest BCUT2D eigenvalue weighted by atomic mass is 79.9. The molecule has 0 bridgehead atoms. The Labute approximate surface area is 87.8 Å². The van der Waals surface area contributed by atoms with Gasteiger partial charge in [-0.3, -0.25) is 4.79 Å². The Kier molecular flexibility index (Phi) is 2.06. The highest BCUT2D eigenvalue weighted by Gasteiger charge is 2.32. The van der Waals surface area contributed by atoms with Crippen LogP contribution < -0.4 is 5.32 Å². The van der Waals surface area contributed by atoms with E-state index in [1.807, 2.05) is 0 Å². The Hall–Kier alpha value is -0.580. The monoisotopic (exact) mass is 261 g/mol. The lowest BCUT2D eigenvalue weighted by Crippen LogP contribution is -2.10. The van der Waals surface area contributed by atoms with E-state index in [1.165, 1.54) is 0 Å². The van der Waals surface area contributed by atoms with E-state index in [4.69, 9.17) is 11.6 Å². The molecule has 0 saturated carbocycles. The molecule has 68 valence electrons. The molecule has 5 heteroatoms. The summed E-state index contributed by atoms with van der Waals surface area (Å²) in [5, 5.41) is 12.4. The number of carbonyl (C=O) groups is 1. The van der Waals surface area contributed by atoms with Gasteiger partial charge in [0.05, 0.1) is 10.7 Å². The van der Waals surface area contributed by atoms with E-state index in [-0.39, 0.29) is 0 Å². The molecule has 3 nitrogen and oxygen atoms in total. The fourth-order valence-electron chi connectivity index (χ4n) is 1.28. The molecule has 1 unspecified atom stereocenters. The van der Waals surface area contributed by atoms with Crippen molar-refractivity contribution in [3.05, 3.63) is 27.2 Å². The number of amides is 1. The molecule has 0 spiro atoms. The van der Waals surface area contributed by atoms with E-state index >= 15 is 0 Å². The molecule has 1 aromatic rings. The second-order valence-corrected chi connectivity index (χ2v) is 3.97. The van der Waals surface area contributed by atoms with E-state index in [0.717, 1.165) is 0 Å². The summed E-state index contributed by atoms with van der Waals surface area (Å²) in [6.07, 6.45) is -1.12. The summed E-state index contributed by atoms with van der Waals surface area (Å²) in [5.41, 5.74) is 1.01. The normalized spacial score (nSPS) is 19.9. The number of carbonyl (C=O) groups excluding carboxylic acids is 1. The molecule has 1 aliphatic rings. The number of hydrogen-bond acceptors (Lipinski definition) is 2. The van der Waals surface area contributed by atoms with Crippen LogP contribution in [-0.2, 0) is 4.79 Å². The van der Waals surface area contributed by atoms with Crippen LogP contribution in [0.3, 0.4) is 0 Å². The van der Waals surface area contributed by atoms with Crippen molar-refractivity contribution in [1.29, 1.82) is 0 Å². The van der Waals surface area contributed by atoms with Gasteiger partial charge in [-0.05, 0) is 12.1 Å². The zero-order valence-corrected chi connectivity index (χ0v) is 8.69. The van der Waals surface area contributed by atoms with Crippen LogP contribution in [0.1, 0.15) is 11.7 Å². The number of rotatable bonds is 0. The number of nitrogens with one attached hydrogen (secondary N) is 1. The Balaban J connectivity index is 2.68. The second kappa shape index (κ2) is 2.97. The van der Waals surface area contributed by atoms with E-state index in [1.54, 1.807) is 12.1 Å². The smallest absolute Gasteiger partial charge is 0.258 e. The van der Waals surface area contributed by atoms with Crippen LogP contribution in [0.4, 0.5) is 5.69 Å². The van der Waals surface area contributed by atoms with Crippen LogP contribution in [0.25, 0.3) is 0 Å². The standard InChI is InChI=1S/C8H5BrClNO2/c9-3-1-2-4(10)6-5(3)7(12)8(13)11-6/h1-2,7,12H,(H,11,13). The number of anilines is 1. The lowest BCUT2D eigenvalue weighted by Gasteiger charge is -2.04. The summed E-state index contributed by atoms with van der Waals surface area (Å²) >= 11 is 9.06. The predicted molar refractivity (Wildman–Crippen MR) is 52.7 cm³/mol. The van der Waals surface area contributed by atoms with E-state index < -0.39 is 12.0 Å². The van der Waals surface area contributed by atoms with Crippen molar-refractivity contribution in [2.24, 2.45) is 0 Å². The molecule has 1 amide bonds. The number of halogens is 2. The maximum atomic E-state index is 11.1. The fourth-order valence-corrected chi connectivity index (χ4v) is 2.04. The minimum Gasteiger partial charge on any atom is -0.378 e. The topological polar surface area (TPSA) is 49.3 Å². The molecule has 0 aromatic heterocycles. The summed E-state index contributed by atoms with van der Waals surface area (Å²) in [6, 6.07) is 3.35. The van der Waals surface area contributed by atoms with Crippen LogP contribution in [-0.4, -0.2) is 11.0 Å².